The van der Waals surface area contributed by atoms with Crippen molar-refractivity contribution >= 4 is 42.6 Å². The molecule has 0 bridgehead atoms. The van der Waals surface area contributed by atoms with Gasteiger partial charge in [-0.2, -0.15) is 0 Å². The van der Waals surface area contributed by atoms with Gasteiger partial charge in [0, 0.05) is 16.7 Å². The topological polar surface area (TPSA) is 60.2 Å². The number of hydrogen-bond acceptors (Lipinski definition) is 5. The van der Waals surface area contributed by atoms with E-state index in [4.69, 9.17) is 15.1 Å². The quantitative estimate of drug-likeness (QED) is 0.615. The Balaban J connectivity index is 2.66. The van der Waals surface area contributed by atoms with Crippen molar-refractivity contribution in [3.05, 3.63) is 18.2 Å². The van der Waals surface area contributed by atoms with Gasteiger partial charge in [-0.1, -0.05) is 11.8 Å². The summed E-state index contributed by atoms with van der Waals surface area (Å²) in [5.41, 5.74) is 1.03. The zero-order valence-corrected chi connectivity index (χ0v) is 9.99. The van der Waals surface area contributed by atoms with Crippen molar-refractivity contribution < 1.29 is 12.8 Å². The molecule has 2 aromatic rings. The summed E-state index contributed by atoms with van der Waals surface area (Å²) in [5.74, 6) is 0. The summed E-state index contributed by atoms with van der Waals surface area (Å²) in [6, 6.07) is 4.33. The second-order valence-electron chi connectivity index (χ2n) is 2.75. The molecule has 0 atom stereocenters. The van der Waals surface area contributed by atoms with Gasteiger partial charge < -0.3 is 4.42 Å². The number of thioether (sulfide) groups is 1. The molecular formula is C8H6ClNO3S2. The summed E-state index contributed by atoms with van der Waals surface area (Å²) in [4.78, 5) is 4.13. The fraction of sp³-hybridized carbons (Fsp3) is 0.125. The Morgan fingerprint density at radius 1 is 1.47 bits per heavy atom. The van der Waals surface area contributed by atoms with E-state index in [1.807, 2.05) is 6.26 Å². The van der Waals surface area contributed by atoms with E-state index in [1.165, 1.54) is 23.9 Å². The maximum atomic E-state index is 11.1. The van der Waals surface area contributed by atoms with E-state index in [0.717, 1.165) is 0 Å². The highest BCUT2D eigenvalue weighted by atomic mass is 35.7. The highest BCUT2D eigenvalue weighted by Gasteiger charge is 2.13. The van der Waals surface area contributed by atoms with Crippen molar-refractivity contribution in [1.29, 1.82) is 0 Å². The maximum Gasteiger partial charge on any atom is 0.261 e. The van der Waals surface area contributed by atoms with Gasteiger partial charge in [0.1, 0.15) is 5.52 Å². The summed E-state index contributed by atoms with van der Waals surface area (Å²) in [6.07, 6.45) is 1.82. The fourth-order valence-electron chi connectivity index (χ4n) is 1.12. The first kappa shape index (κ1) is 10.8. The standard InChI is InChI=1S/C8H6ClNO3S2/c1-14-8-10-6-3-2-5(15(9,11)12)4-7(6)13-8/h2-4H,1H3. The third-order valence-electron chi connectivity index (χ3n) is 1.80. The lowest BCUT2D eigenvalue weighted by Crippen LogP contribution is -1.88. The van der Waals surface area contributed by atoms with Crippen LogP contribution in [0.25, 0.3) is 11.1 Å². The number of benzene rings is 1. The van der Waals surface area contributed by atoms with Crippen molar-refractivity contribution in [1.82, 2.24) is 4.98 Å². The molecule has 0 aliphatic heterocycles. The predicted molar refractivity (Wildman–Crippen MR) is 58.8 cm³/mol. The fourth-order valence-corrected chi connectivity index (χ4v) is 2.25. The normalized spacial score (nSPS) is 12.1. The molecule has 1 aromatic heterocycles. The molecular weight excluding hydrogens is 258 g/mol. The first-order valence-corrected chi connectivity index (χ1v) is 7.43. The number of rotatable bonds is 2. The lowest BCUT2D eigenvalue weighted by molar-refractivity contribution is 0.489. The number of fused-ring (bicyclic) bond motifs is 1. The van der Waals surface area contributed by atoms with Crippen LogP contribution in [-0.4, -0.2) is 19.7 Å². The molecule has 0 unspecified atom stereocenters. The smallest absolute Gasteiger partial charge is 0.261 e. The van der Waals surface area contributed by atoms with Gasteiger partial charge in [0.2, 0.25) is 0 Å². The minimum absolute atomic E-state index is 0.0143. The Morgan fingerprint density at radius 3 is 2.80 bits per heavy atom. The molecule has 0 N–H and O–H groups in total. The van der Waals surface area contributed by atoms with Crippen molar-refractivity contribution in [2.24, 2.45) is 0 Å². The van der Waals surface area contributed by atoms with Crippen molar-refractivity contribution in [3.8, 4) is 0 Å². The largest absolute Gasteiger partial charge is 0.431 e. The van der Waals surface area contributed by atoms with Crippen LogP contribution in [0.2, 0.25) is 0 Å². The minimum Gasteiger partial charge on any atom is -0.431 e. The average Bonchev–Trinajstić information content (AvgIpc) is 2.57. The molecule has 4 nitrogen and oxygen atoms in total. The summed E-state index contributed by atoms with van der Waals surface area (Å²) < 4.78 is 27.4. The zero-order valence-electron chi connectivity index (χ0n) is 7.60. The van der Waals surface area contributed by atoms with E-state index in [-0.39, 0.29) is 4.90 Å². The van der Waals surface area contributed by atoms with E-state index in [9.17, 15) is 8.42 Å². The summed E-state index contributed by atoms with van der Waals surface area (Å²) >= 11 is 1.35. The summed E-state index contributed by atoms with van der Waals surface area (Å²) in [7, 11) is 1.49. The SMILES string of the molecule is CSc1nc2ccc(S(=O)(=O)Cl)cc2o1. The van der Waals surface area contributed by atoms with Gasteiger partial charge in [0.15, 0.2) is 5.58 Å². The molecule has 7 heteroatoms. The number of hydrogen-bond donors (Lipinski definition) is 0. The molecule has 0 amide bonds. The molecule has 1 heterocycles. The van der Waals surface area contributed by atoms with Crippen LogP contribution in [0.5, 0.6) is 0 Å². The maximum absolute atomic E-state index is 11.1. The lowest BCUT2D eigenvalue weighted by Gasteiger charge is -1.93. The highest BCUT2D eigenvalue weighted by Crippen LogP contribution is 2.25. The Bertz CT molecular complexity index is 605. The van der Waals surface area contributed by atoms with Gasteiger partial charge in [-0.3, -0.25) is 0 Å². The Morgan fingerprint density at radius 2 is 2.20 bits per heavy atom. The Hall–Kier alpha value is -0.720. The highest BCUT2D eigenvalue weighted by molar-refractivity contribution is 8.13. The van der Waals surface area contributed by atoms with E-state index < -0.39 is 9.05 Å². The second-order valence-corrected chi connectivity index (χ2v) is 6.07. The van der Waals surface area contributed by atoms with Gasteiger partial charge in [0.25, 0.3) is 14.3 Å². The predicted octanol–water partition coefficient (Wildman–Crippen LogP) is 2.48. The van der Waals surface area contributed by atoms with Crippen LogP contribution in [0.15, 0.2) is 32.7 Å². The molecule has 1 aromatic carbocycles. The summed E-state index contributed by atoms with van der Waals surface area (Å²) in [5, 5.41) is 0.495. The third-order valence-corrected chi connectivity index (χ3v) is 3.67. The average molecular weight is 264 g/mol. The van der Waals surface area contributed by atoms with Crippen LogP contribution in [0.1, 0.15) is 0 Å². The van der Waals surface area contributed by atoms with Crippen molar-refractivity contribution in [2.75, 3.05) is 6.26 Å². The van der Waals surface area contributed by atoms with Crippen LogP contribution >= 0.6 is 22.4 Å². The molecule has 0 radical (unpaired) electrons. The molecule has 0 spiro atoms. The van der Waals surface area contributed by atoms with Crippen LogP contribution in [0, 0.1) is 0 Å². The number of oxazole rings is 1. The second kappa shape index (κ2) is 3.70. The molecule has 0 fully saturated rings. The molecule has 0 aliphatic rings. The van der Waals surface area contributed by atoms with Gasteiger partial charge in [-0.15, -0.1) is 0 Å². The number of halogens is 1. The van der Waals surface area contributed by atoms with Crippen LogP contribution in [0.4, 0.5) is 0 Å². The van der Waals surface area contributed by atoms with Crippen molar-refractivity contribution in [2.45, 2.75) is 10.1 Å². The van der Waals surface area contributed by atoms with E-state index >= 15 is 0 Å². The molecule has 0 saturated carbocycles. The Labute approximate surface area is 95.0 Å². The minimum atomic E-state index is -3.71. The lowest BCUT2D eigenvalue weighted by atomic mass is 10.3. The Kier molecular flexibility index (Phi) is 2.66. The third kappa shape index (κ3) is 2.11. The van der Waals surface area contributed by atoms with E-state index in [2.05, 4.69) is 4.98 Å². The van der Waals surface area contributed by atoms with E-state index in [1.54, 1.807) is 6.07 Å². The summed E-state index contributed by atoms with van der Waals surface area (Å²) in [6.45, 7) is 0. The van der Waals surface area contributed by atoms with Gasteiger partial charge in [0.05, 0.1) is 4.90 Å². The monoisotopic (exact) mass is 263 g/mol. The molecule has 15 heavy (non-hydrogen) atoms. The van der Waals surface area contributed by atoms with E-state index in [0.29, 0.717) is 16.3 Å². The first-order chi connectivity index (χ1) is 7.00. The van der Waals surface area contributed by atoms with Gasteiger partial charge >= 0.3 is 0 Å². The van der Waals surface area contributed by atoms with Gasteiger partial charge in [-0.25, -0.2) is 13.4 Å². The van der Waals surface area contributed by atoms with Crippen LogP contribution in [-0.2, 0) is 9.05 Å². The molecule has 80 valence electrons. The number of aromatic nitrogens is 1. The van der Waals surface area contributed by atoms with Gasteiger partial charge in [-0.05, 0) is 18.4 Å². The molecule has 0 saturated heterocycles. The molecule has 2 rings (SSSR count). The molecule has 0 aliphatic carbocycles. The van der Waals surface area contributed by atoms with Crippen LogP contribution < -0.4 is 0 Å². The number of nitrogens with zero attached hydrogens (tertiary/aromatic N) is 1. The zero-order chi connectivity index (χ0) is 11.1. The van der Waals surface area contributed by atoms with Crippen LogP contribution in [0.3, 0.4) is 0 Å². The first-order valence-electron chi connectivity index (χ1n) is 3.90. The van der Waals surface area contributed by atoms with Crippen molar-refractivity contribution in [3.63, 3.8) is 0 Å².